The number of nitrogens with zero attached hydrogens (tertiary/aromatic N) is 2. The summed E-state index contributed by atoms with van der Waals surface area (Å²) in [7, 11) is 4.23. The van der Waals surface area contributed by atoms with Crippen molar-refractivity contribution in [3.05, 3.63) is 28.2 Å². The Balaban J connectivity index is 2.94. The zero-order valence-electron chi connectivity index (χ0n) is 12.3. The lowest BCUT2D eigenvalue weighted by atomic mass is 10.1. The molecular formula is C15H26BrN3. The van der Waals surface area contributed by atoms with E-state index in [1.165, 1.54) is 11.3 Å². The van der Waals surface area contributed by atoms with Crippen LogP contribution in [-0.2, 0) is 6.42 Å². The molecule has 0 aliphatic heterocycles. The summed E-state index contributed by atoms with van der Waals surface area (Å²) in [6, 6.07) is 6.51. The molecule has 3 nitrogen and oxygen atoms in total. The second-order valence-electron chi connectivity index (χ2n) is 5.10. The minimum absolute atomic E-state index is 0.697. The maximum Gasteiger partial charge on any atom is 0.0411 e. The summed E-state index contributed by atoms with van der Waals surface area (Å²) in [6.45, 7) is 6.12. The predicted octanol–water partition coefficient (Wildman–Crippen LogP) is 2.73. The van der Waals surface area contributed by atoms with Gasteiger partial charge in [0.2, 0.25) is 0 Å². The largest absolute Gasteiger partial charge is 0.370 e. The van der Waals surface area contributed by atoms with Gasteiger partial charge in [0.05, 0.1) is 0 Å². The molecule has 1 aromatic rings. The standard InChI is InChI=1S/C15H26BrN3/c1-4-9-19(11-10-18(2)3)15-12-14(16)6-5-13(15)7-8-17/h5-6,12H,4,7-11,17H2,1-3H3. The van der Waals surface area contributed by atoms with Crippen LogP contribution in [0.5, 0.6) is 0 Å². The SMILES string of the molecule is CCCN(CCN(C)C)c1cc(Br)ccc1CCN. The Labute approximate surface area is 125 Å². The molecular weight excluding hydrogens is 302 g/mol. The molecule has 0 spiro atoms. The summed E-state index contributed by atoms with van der Waals surface area (Å²) in [5.74, 6) is 0. The Morgan fingerprint density at radius 2 is 1.89 bits per heavy atom. The fraction of sp³-hybridized carbons (Fsp3) is 0.600. The van der Waals surface area contributed by atoms with E-state index in [4.69, 9.17) is 5.73 Å². The Kier molecular flexibility index (Phi) is 7.42. The number of hydrogen-bond acceptors (Lipinski definition) is 3. The van der Waals surface area contributed by atoms with E-state index < -0.39 is 0 Å². The van der Waals surface area contributed by atoms with E-state index >= 15 is 0 Å². The zero-order chi connectivity index (χ0) is 14.3. The van der Waals surface area contributed by atoms with Gasteiger partial charge >= 0.3 is 0 Å². The van der Waals surface area contributed by atoms with Gasteiger partial charge in [-0.05, 0) is 51.2 Å². The van der Waals surface area contributed by atoms with Gasteiger partial charge in [-0.1, -0.05) is 28.9 Å². The molecule has 0 aliphatic carbocycles. The molecule has 108 valence electrons. The van der Waals surface area contributed by atoms with E-state index in [1.807, 2.05) is 0 Å². The fourth-order valence-corrected chi connectivity index (χ4v) is 2.49. The van der Waals surface area contributed by atoms with Crippen molar-refractivity contribution in [1.82, 2.24) is 4.90 Å². The zero-order valence-corrected chi connectivity index (χ0v) is 13.9. The van der Waals surface area contributed by atoms with Crippen molar-refractivity contribution in [3.8, 4) is 0 Å². The highest BCUT2D eigenvalue weighted by Gasteiger charge is 2.11. The summed E-state index contributed by atoms with van der Waals surface area (Å²) in [5, 5.41) is 0. The van der Waals surface area contributed by atoms with E-state index in [-0.39, 0.29) is 0 Å². The maximum atomic E-state index is 5.73. The summed E-state index contributed by atoms with van der Waals surface area (Å²) in [5.41, 5.74) is 8.39. The second-order valence-corrected chi connectivity index (χ2v) is 6.02. The molecule has 0 aliphatic rings. The molecule has 0 radical (unpaired) electrons. The van der Waals surface area contributed by atoms with Crippen molar-refractivity contribution < 1.29 is 0 Å². The van der Waals surface area contributed by atoms with Gasteiger partial charge < -0.3 is 15.5 Å². The molecule has 0 amide bonds. The van der Waals surface area contributed by atoms with Crippen LogP contribution in [0.15, 0.2) is 22.7 Å². The van der Waals surface area contributed by atoms with Crippen LogP contribution in [0.3, 0.4) is 0 Å². The number of nitrogens with two attached hydrogens (primary N) is 1. The molecule has 0 unspecified atom stereocenters. The number of benzene rings is 1. The minimum atomic E-state index is 0.697. The van der Waals surface area contributed by atoms with Crippen LogP contribution in [0.25, 0.3) is 0 Å². The summed E-state index contributed by atoms with van der Waals surface area (Å²) in [4.78, 5) is 4.69. The number of anilines is 1. The molecule has 1 aromatic carbocycles. The lowest BCUT2D eigenvalue weighted by molar-refractivity contribution is 0.413. The number of hydrogen-bond donors (Lipinski definition) is 1. The third-order valence-corrected chi connectivity index (χ3v) is 3.61. The van der Waals surface area contributed by atoms with Crippen LogP contribution in [0, 0.1) is 0 Å². The van der Waals surface area contributed by atoms with Crippen molar-refractivity contribution in [2.45, 2.75) is 19.8 Å². The first kappa shape index (κ1) is 16.5. The highest BCUT2D eigenvalue weighted by Crippen LogP contribution is 2.25. The minimum Gasteiger partial charge on any atom is -0.370 e. The molecule has 0 bridgehead atoms. The van der Waals surface area contributed by atoms with Crippen LogP contribution < -0.4 is 10.6 Å². The van der Waals surface area contributed by atoms with Gasteiger partial charge in [0.25, 0.3) is 0 Å². The average molecular weight is 328 g/mol. The second kappa shape index (κ2) is 8.56. The van der Waals surface area contributed by atoms with E-state index in [0.717, 1.165) is 36.9 Å². The molecule has 0 fully saturated rings. The van der Waals surface area contributed by atoms with E-state index in [9.17, 15) is 0 Å². The normalized spacial score (nSPS) is 11.1. The smallest absolute Gasteiger partial charge is 0.0411 e. The van der Waals surface area contributed by atoms with Crippen LogP contribution >= 0.6 is 15.9 Å². The van der Waals surface area contributed by atoms with Gasteiger partial charge in [-0.2, -0.15) is 0 Å². The van der Waals surface area contributed by atoms with E-state index in [2.05, 4.69) is 64.9 Å². The number of likely N-dealkylation sites (N-methyl/N-ethyl adjacent to an activating group) is 1. The molecule has 0 saturated carbocycles. The van der Waals surface area contributed by atoms with Crippen LogP contribution in [-0.4, -0.2) is 45.2 Å². The molecule has 2 N–H and O–H groups in total. The molecule has 19 heavy (non-hydrogen) atoms. The molecule has 4 heteroatoms. The monoisotopic (exact) mass is 327 g/mol. The van der Waals surface area contributed by atoms with Crippen LogP contribution in [0.1, 0.15) is 18.9 Å². The molecule has 0 aromatic heterocycles. The lowest BCUT2D eigenvalue weighted by Gasteiger charge is -2.28. The lowest BCUT2D eigenvalue weighted by Crippen LogP contribution is -2.33. The highest BCUT2D eigenvalue weighted by atomic mass is 79.9. The predicted molar refractivity (Wildman–Crippen MR) is 88.0 cm³/mol. The van der Waals surface area contributed by atoms with Gasteiger partial charge in [-0.3, -0.25) is 0 Å². The van der Waals surface area contributed by atoms with E-state index in [0.29, 0.717) is 6.54 Å². The first-order valence-electron chi connectivity index (χ1n) is 6.96. The topological polar surface area (TPSA) is 32.5 Å². The molecule has 0 heterocycles. The molecule has 1 rings (SSSR count). The van der Waals surface area contributed by atoms with Gasteiger partial charge in [0, 0.05) is 29.8 Å². The van der Waals surface area contributed by atoms with Crippen LogP contribution in [0.2, 0.25) is 0 Å². The summed E-state index contributed by atoms with van der Waals surface area (Å²) < 4.78 is 1.13. The van der Waals surface area contributed by atoms with Gasteiger partial charge in [-0.25, -0.2) is 0 Å². The summed E-state index contributed by atoms with van der Waals surface area (Å²) >= 11 is 3.58. The maximum absolute atomic E-state index is 5.73. The Hall–Kier alpha value is -0.580. The van der Waals surface area contributed by atoms with Crippen molar-refractivity contribution in [2.24, 2.45) is 5.73 Å². The average Bonchev–Trinajstić information content (AvgIpc) is 2.37. The fourth-order valence-electron chi connectivity index (χ4n) is 2.14. The molecule has 0 saturated heterocycles. The van der Waals surface area contributed by atoms with E-state index in [1.54, 1.807) is 0 Å². The Morgan fingerprint density at radius 3 is 2.47 bits per heavy atom. The van der Waals surface area contributed by atoms with Gasteiger partial charge in [0.1, 0.15) is 0 Å². The molecule has 0 atom stereocenters. The Bertz CT molecular complexity index is 380. The third-order valence-electron chi connectivity index (χ3n) is 3.11. The van der Waals surface area contributed by atoms with Crippen molar-refractivity contribution in [2.75, 3.05) is 45.2 Å². The Morgan fingerprint density at radius 1 is 1.16 bits per heavy atom. The van der Waals surface area contributed by atoms with Crippen molar-refractivity contribution in [3.63, 3.8) is 0 Å². The van der Waals surface area contributed by atoms with Crippen molar-refractivity contribution in [1.29, 1.82) is 0 Å². The first-order chi connectivity index (χ1) is 9.08. The number of rotatable bonds is 8. The van der Waals surface area contributed by atoms with Crippen molar-refractivity contribution >= 4 is 21.6 Å². The summed E-state index contributed by atoms with van der Waals surface area (Å²) in [6.07, 6.45) is 2.09. The highest BCUT2D eigenvalue weighted by molar-refractivity contribution is 9.10. The third kappa shape index (κ3) is 5.51. The van der Waals surface area contributed by atoms with Gasteiger partial charge in [-0.15, -0.1) is 0 Å². The first-order valence-corrected chi connectivity index (χ1v) is 7.76. The number of halogens is 1. The van der Waals surface area contributed by atoms with Gasteiger partial charge in [0.15, 0.2) is 0 Å². The quantitative estimate of drug-likeness (QED) is 0.796. The van der Waals surface area contributed by atoms with Crippen LogP contribution in [0.4, 0.5) is 5.69 Å².